The van der Waals surface area contributed by atoms with Crippen molar-refractivity contribution in [3.05, 3.63) is 40.9 Å². The molecule has 4 heteroatoms. The van der Waals surface area contributed by atoms with Gasteiger partial charge in [-0.3, -0.25) is 0 Å². The summed E-state index contributed by atoms with van der Waals surface area (Å²) in [5.41, 5.74) is 8.17. The van der Waals surface area contributed by atoms with Crippen LogP contribution in [-0.4, -0.2) is 4.98 Å². The highest BCUT2D eigenvalue weighted by molar-refractivity contribution is 8.01. The summed E-state index contributed by atoms with van der Waals surface area (Å²) in [7, 11) is 0. The van der Waals surface area contributed by atoms with Crippen molar-refractivity contribution >= 4 is 23.1 Å². The molecule has 0 saturated heterocycles. The summed E-state index contributed by atoms with van der Waals surface area (Å²) >= 11 is 3.36. The fourth-order valence-corrected chi connectivity index (χ4v) is 3.14. The molecule has 1 aromatic heterocycles. The van der Waals surface area contributed by atoms with Gasteiger partial charge in [0, 0.05) is 23.0 Å². The largest absolute Gasteiger partial charge is 0.326 e. The van der Waals surface area contributed by atoms with E-state index in [1.807, 2.05) is 17.6 Å². The fraction of sp³-hybridized carbons (Fsp3) is 0.182. The highest BCUT2D eigenvalue weighted by atomic mass is 32.2. The van der Waals surface area contributed by atoms with Gasteiger partial charge in [0.25, 0.3) is 0 Å². The standard InChI is InChI=1S/C11H12N2S2/c1-8-3-2-4-9(7-12)10(8)15-11-13-5-6-14-11/h2-6H,7,12H2,1H3. The summed E-state index contributed by atoms with van der Waals surface area (Å²) in [4.78, 5) is 5.51. The Kier molecular flexibility index (Phi) is 3.41. The molecule has 2 aromatic rings. The Morgan fingerprint density at radius 3 is 3.00 bits per heavy atom. The van der Waals surface area contributed by atoms with Gasteiger partial charge in [-0.05, 0) is 18.1 Å². The number of aryl methyl sites for hydroxylation is 1. The van der Waals surface area contributed by atoms with Crippen LogP contribution < -0.4 is 5.73 Å². The van der Waals surface area contributed by atoms with Crippen LogP contribution >= 0.6 is 23.1 Å². The van der Waals surface area contributed by atoms with Gasteiger partial charge in [-0.25, -0.2) is 4.98 Å². The normalized spacial score (nSPS) is 10.5. The minimum absolute atomic E-state index is 0.579. The van der Waals surface area contributed by atoms with Crippen molar-refractivity contribution in [1.82, 2.24) is 4.98 Å². The zero-order valence-electron chi connectivity index (χ0n) is 8.43. The average molecular weight is 236 g/mol. The second-order valence-electron chi connectivity index (χ2n) is 3.17. The molecule has 0 atom stereocenters. The number of hydrogen-bond acceptors (Lipinski definition) is 4. The SMILES string of the molecule is Cc1cccc(CN)c1Sc1nccs1. The summed E-state index contributed by atoms with van der Waals surface area (Å²) in [6, 6.07) is 6.22. The van der Waals surface area contributed by atoms with Crippen molar-refractivity contribution in [2.24, 2.45) is 5.73 Å². The Balaban J connectivity index is 2.34. The van der Waals surface area contributed by atoms with Crippen molar-refractivity contribution in [3.8, 4) is 0 Å². The summed E-state index contributed by atoms with van der Waals surface area (Å²) in [6.07, 6.45) is 1.83. The molecule has 2 nitrogen and oxygen atoms in total. The van der Waals surface area contributed by atoms with E-state index in [1.54, 1.807) is 23.1 Å². The van der Waals surface area contributed by atoms with Crippen LogP contribution in [-0.2, 0) is 6.54 Å². The average Bonchev–Trinajstić information content (AvgIpc) is 2.74. The van der Waals surface area contributed by atoms with E-state index >= 15 is 0 Å². The molecule has 0 bridgehead atoms. The topological polar surface area (TPSA) is 38.9 Å². The summed E-state index contributed by atoms with van der Waals surface area (Å²) in [6.45, 7) is 2.69. The van der Waals surface area contributed by atoms with Gasteiger partial charge in [-0.2, -0.15) is 0 Å². The van der Waals surface area contributed by atoms with Gasteiger partial charge in [-0.1, -0.05) is 30.0 Å². The predicted octanol–water partition coefficient (Wildman–Crippen LogP) is 3.06. The predicted molar refractivity (Wildman–Crippen MR) is 65.3 cm³/mol. The van der Waals surface area contributed by atoms with Crippen LogP contribution in [0.2, 0.25) is 0 Å². The first-order chi connectivity index (χ1) is 7.31. The first-order valence-electron chi connectivity index (χ1n) is 4.67. The molecule has 0 aliphatic rings. The third-order valence-electron chi connectivity index (χ3n) is 2.11. The molecular formula is C11H12N2S2. The molecule has 1 heterocycles. The number of hydrogen-bond donors (Lipinski definition) is 1. The van der Waals surface area contributed by atoms with Crippen molar-refractivity contribution in [2.45, 2.75) is 22.7 Å². The number of rotatable bonds is 3. The molecular weight excluding hydrogens is 224 g/mol. The molecule has 0 unspecified atom stereocenters. The third-order valence-corrected chi connectivity index (χ3v) is 4.28. The van der Waals surface area contributed by atoms with E-state index in [-0.39, 0.29) is 0 Å². The Morgan fingerprint density at radius 1 is 1.47 bits per heavy atom. The zero-order chi connectivity index (χ0) is 10.7. The number of thiazole rings is 1. The van der Waals surface area contributed by atoms with Gasteiger partial charge in [0.05, 0.1) is 0 Å². The maximum absolute atomic E-state index is 5.72. The molecule has 15 heavy (non-hydrogen) atoms. The van der Waals surface area contributed by atoms with E-state index < -0.39 is 0 Å². The van der Waals surface area contributed by atoms with Gasteiger partial charge < -0.3 is 5.73 Å². The number of nitrogens with two attached hydrogens (primary N) is 1. The number of nitrogens with zero attached hydrogens (tertiary/aromatic N) is 1. The summed E-state index contributed by atoms with van der Waals surface area (Å²) in [5.74, 6) is 0. The van der Waals surface area contributed by atoms with Gasteiger partial charge in [0.1, 0.15) is 0 Å². The quantitative estimate of drug-likeness (QED) is 0.890. The first kappa shape index (κ1) is 10.7. The molecule has 78 valence electrons. The van der Waals surface area contributed by atoms with Crippen LogP contribution in [0.25, 0.3) is 0 Å². The van der Waals surface area contributed by atoms with E-state index in [4.69, 9.17) is 5.73 Å². The molecule has 1 aromatic carbocycles. The summed E-state index contributed by atoms with van der Waals surface area (Å²) < 4.78 is 1.07. The van der Waals surface area contributed by atoms with Crippen LogP contribution in [0.15, 0.2) is 39.0 Å². The van der Waals surface area contributed by atoms with E-state index in [0.717, 1.165) is 4.34 Å². The Labute approximate surface area is 97.5 Å². The Bertz CT molecular complexity index is 438. The van der Waals surface area contributed by atoms with E-state index in [9.17, 15) is 0 Å². The molecule has 0 saturated carbocycles. The fourth-order valence-electron chi connectivity index (χ4n) is 1.37. The number of benzene rings is 1. The lowest BCUT2D eigenvalue weighted by molar-refractivity contribution is 1.01. The summed E-state index contributed by atoms with van der Waals surface area (Å²) in [5, 5.41) is 1.99. The zero-order valence-corrected chi connectivity index (χ0v) is 10.1. The van der Waals surface area contributed by atoms with Crippen molar-refractivity contribution in [2.75, 3.05) is 0 Å². The van der Waals surface area contributed by atoms with Gasteiger partial charge >= 0.3 is 0 Å². The smallest absolute Gasteiger partial charge is 0.154 e. The van der Waals surface area contributed by atoms with Gasteiger partial charge in [-0.15, -0.1) is 11.3 Å². The molecule has 2 N–H and O–H groups in total. The maximum Gasteiger partial charge on any atom is 0.154 e. The number of aromatic nitrogens is 1. The second-order valence-corrected chi connectivity index (χ2v) is 5.32. The Morgan fingerprint density at radius 2 is 2.33 bits per heavy atom. The van der Waals surface area contributed by atoms with Crippen LogP contribution in [0.4, 0.5) is 0 Å². The second kappa shape index (κ2) is 4.79. The van der Waals surface area contributed by atoms with E-state index in [2.05, 4.69) is 24.0 Å². The lowest BCUT2D eigenvalue weighted by Gasteiger charge is -2.08. The highest BCUT2D eigenvalue weighted by Gasteiger charge is 2.07. The lowest BCUT2D eigenvalue weighted by atomic mass is 10.1. The lowest BCUT2D eigenvalue weighted by Crippen LogP contribution is -1.99. The molecule has 0 aliphatic heterocycles. The minimum atomic E-state index is 0.579. The highest BCUT2D eigenvalue weighted by Crippen LogP contribution is 2.33. The van der Waals surface area contributed by atoms with Crippen molar-refractivity contribution in [1.29, 1.82) is 0 Å². The third kappa shape index (κ3) is 2.40. The van der Waals surface area contributed by atoms with Gasteiger partial charge in [0.15, 0.2) is 4.34 Å². The van der Waals surface area contributed by atoms with Crippen LogP contribution in [0.3, 0.4) is 0 Å². The first-order valence-corrected chi connectivity index (χ1v) is 6.37. The van der Waals surface area contributed by atoms with E-state index in [1.165, 1.54) is 16.0 Å². The van der Waals surface area contributed by atoms with Crippen molar-refractivity contribution in [3.63, 3.8) is 0 Å². The van der Waals surface area contributed by atoms with Crippen LogP contribution in [0.1, 0.15) is 11.1 Å². The van der Waals surface area contributed by atoms with E-state index in [0.29, 0.717) is 6.54 Å². The molecule has 0 spiro atoms. The Hall–Kier alpha value is -0.840. The monoisotopic (exact) mass is 236 g/mol. The van der Waals surface area contributed by atoms with Crippen LogP contribution in [0, 0.1) is 6.92 Å². The molecule has 0 amide bonds. The molecule has 2 rings (SSSR count). The van der Waals surface area contributed by atoms with Gasteiger partial charge in [0.2, 0.25) is 0 Å². The molecule has 0 aliphatic carbocycles. The van der Waals surface area contributed by atoms with Crippen molar-refractivity contribution < 1.29 is 0 Å². The molecule has 0 radical (unpaired) electrons. The maximum atomic E-state index is 5.72. The van der Waals surface area contributed by atoms with Crippen LogP contribution in [0.5, 0.6) is 0 Å². The molecule has 0 fully saturated rings. The minimum Gasteiger partial charge on any atom is -0.326 e.